The monoisotopic (exact) mass is 213 g/mol. The summed E-state index contributed by atoms with van der Waals surface area (Å²) >= 11 is 0. The van der Waals surface area contributed by atoms with Crippen molar-refractivity contribution in [3.05, 3.63) is 6.42 Å². The molecule has 0 spiro atoms. The van der Waals surface area contributed by atoms with E-state index in [4.69, 9.17) is 5.11 Å². The molecular formula is C12H21O3. The van der Waals surface area contributed by atoms with E-state index in [1.165, 1.54) is 0 Å². The lowest BCUT2D eigenvalue weighted by atomic mass is 9.76. The van der Waals surface area contributed by atoms with Gasteiger partial charge in [0.1, 0.15) is 0 Å². The number of carboxylic acids is 1. The van der Waals surface area contributed by atoms with Crippen LogP contribution in [0.5, 0.6) is 0 Å². The van der Waals surface area contributed by atoms with Crippen LogP contribution in [0.1, 0.15) is 45.4 Å². The average Bonchev–Trinajstić information content (AvgIpc) is 2.26. The predicted molar refractivity (Wildman–Crippen MR) is 58.3 cm³/mol. The Bertz CT molecular complexity index is 203. The Hall–Kier alpha value is -0.570. The maximum Gasteiger partial charge on any atom is 0.306 e. The van der Waals surface area contributed by atoms with Crippen LogP contribution in [-0.4, -0.2) is 22.3 Å². The lowest BCUT2D eigenvalue weighted by molar-refractivity contribution is -0.144. The van der Waals surface area contributed by atoms with Gasteiger partial charge in [0.15, 0.2) is 0 Å². The number of carbonyl (C=O) groups is 1. The summed E-state index contributed by atoms with van der Waals surface area (Å²) in [4.78, 5) is 11.0. The SMILES string of the molecule is CCC(O)CCC1C[CH]CCC1C(=O)O. The highest BCUT2D eigenvalue weighted by atomic mass is 16.4. The molecule has 1 rings (SSSR count). The highest BCUT2D eigenvalue weighted by molar-refractivity contribution is 5.70. The number of carboxylic acid groups (broad SMARTS) is 1. The second-order valence-electron chi connectivity index (χ2n) is 4.45. The van der Waals surface area contributed by atoms with Crippen LogP contribution < -0.4 is 0 Å². The number of aliphatic carboxylic acids is 1. The minimum absolute atomic E-state index is 0.195. The molecule has 0 heterocycles. The summed E-state index contributed by atoms with van der Waals surface area (Å²) < 4.78 is 0. The highest BCUT2D eigenvalue weighted by Crippen LogP contribution is 2.33. The van der Waals surface area contributed by atoms with Crippen molar-refractivity contribution >= 4 is 5.97 Å². The maximum absolute atomic E-state index is 11.0. The van der Waals surface area contributed by atoms with Crippen LogP contribution in [-0.2, 0) is 4.79 Å². The molecule has 1 aliphatic rings. The Morgan fingerprint density at radius 3 is 2.93 bits per heavy atom. The summed E-state index contributed by atoms with van der Waals surface area (Å²) in [6.07, 6.45) is 6.83. The molecule has 0 amide bonds. The quantitative estimate of drug-likeness (QED) is 0.736. The molecule has 0 aromatic carbocycles. The zero-order chi connectivity index (χ0) is 11.3. The first kappa shape index (κ1) is 12.5. The van der Waals surface area contributed by atoms with Gasteiger partial charge in [-0.2, -0.15) is 0 Å². The van der Waals surface area contributed by atoms with Gasteiger partial charge in [-0.05, 0) is 50.9 Å². The molecule has 0 aliphatic heterocycles. The zero-order valence-electron chi connectivity index (χ0n) is 9.35. The van der Waals surface area contributed by atoms with E-state index in [2.05, 4.69) is 6.42 Å². The standard InChI is InChI=1S/C12H21O3/c1-2-10(13)8-7-9-5-3-4-6-11(9)12(14)15/h3,9-11,13H,2,4-8H2,1H3,(H,14,15). The van der Waals surface area contributed by atoms with Gasteiger partial charge in [0.05, 0.1) is 12.0 Å². The van der Waals surface area contributed by atoms with E-state index in [1.807, 2.05) is 6.92 Å². The van der Waals surface area contributed by atoms with Gasteiger partial charge < -0.3 is 10.2 Å². The van der Waals surface area contributed by atoms with Crippen molar-refractivity contribution in [1.29, 1.82) is 0 Å². The fraction of sp³-hybridized carbons (Fsp3) is 0.833. The molecule has 0 saturated heterocycles. The second kappa shape index (κ2) is 6.11. The van der Waals surface area contributed by atoms with Crippen LogP contribution in [0.25, 0.3) is 0 Å². The van der Waals surface area contributed by atoms with Gasteiger partial charge in [-0.15, -0.1) is 0 Å². The molecule has 1 radical (unpaired) electrons. The van der Waals surface area contributed by atoms with Crippen molar-refractivity contribution in [2.75, 3.05) is 0 Å². The van der Waals surface area contributed by atoms with Crippen LogP contribution >= 0.6 is 0 Å². The van der Waals surface area contributed by atoms with Crippen molar-refractivity contribution in [3.8, 4) is 0 Å². The molecule has 3 heteroatoms. The molecule has 1 fully saturated rings. The molecular weight excluding hydrogens is 192 g/mol. The normalized spacial score (nSPS) is 28.7. The molecule has 0 bridgehead atoms. The highest BCUT2D eigenvalue weighted by Gasteiger charge is 2.30. The Morgan fingerprint density at radius 2 is 2.33 bits per heavy atom. The third kappa shape index (κ3) is 3.82. The van der Waals surface area contributed by atoms with Crippen LogP contribution in [0.2, 0.25) is 0 Å². The molecule has 3 unspecified atom stereocenters. The first-order valence-electron chi connectivity index (χ1n) is 5.87. The first-order chi connectivity index (χ1) is 7.15. The van der Waals surface area contributed by atoms with Crippen molar-refractivity contribution in [3.63, 3.8) is 0 Å². The zero-order valence-corrected chi connectivity index (χ0v) is 9.35. The van der Waals surface area contributed by atoms with Gasteiger partial charge in [0, 0.05) is 0 Å². The van der Waals surface area contributed by atoms with E-state index in [1.54, 1.807) is 0 Å². The molecule has 0 aromatic rings. The Morgan fingerprint density at radius 1 is 1.60 bits per heavy atom. The minimum atomic E-state index is -0.668. The number of hydrogen-bond donors (Lipinski definition) is 2. The van der Waals surface area contributed by atoms with Crippen LogP contribution in [0.4, 0.5) is 0 Å². The molecule has 1 aliphatic carbocycles. The summed E-state index contributed by atoms with van der Waals surface area (Å²) in [5.74, 6) is -0.629. The van der Waals surface area contributed by atoms with Gasteiger partial charge in [0.25, 0.3) is 0 Å². The van der Waals surface area contributed by atoms with E-state index in [9.17, 15) is 9.90 Å². The molecule has 0 aromatic heterocycles. The molecule has 15 heavy (non-hydrogen) atoms. The molecule has 1 saturated carbocycles. The van der Waals surface area contributed by atoms with Gasteiger partial charge in [-0.25, -0.2) is 0 Å². The third-order valence-electron chi connectivity index (χ3n) is 3.38. The van der Waals surface area contributed by atoms with E-state index in [-0.39, 0.29) is 17.9 Å². The van der Waals surface area contributed by atoms with Gasteiger partial charge in [-0.1, -0.05) is 6.92 Å². The van der Waals surface area contributed by atoms with Crippen molar-refractivity contribution < 1.29 is 15.0 Å². The summed E-state index contributed by atoms with van der Waals surface area (Å²) in [5, 5.41) is 18.5. The summed E-state index contributed by atoms with van der Waals surface area (Å²) in [6, 6.07) is 0. The van der Waals surface area contributed by atoms with Gasteiger partial charge >= 0.3 is 5.97 Å². The van der Waals surface area contributed by atoms with E-state index < -0.39 is 5.97 Å². The molecule has 2 N–H and O–H groups in total. The Labute approximate surface area is 91.5 Å². The minimum Gasteiger partial charge on any atom is -0.481 e. The molecule has 87 valence electrons. The van der Waals surface area contributed by atoms with Gasteiger partial charge in [-0.3, -0.25) is 4.79 Å². The van der Waals surface area contributed by atoms with Crippen molar-refractivity contribution in [1.82, 2.24) is 0 Å². The Kier molecular flexibility index (Phi) is 5.09. The first-order valence-corrected chi connectivity index (χ1v) is 5.87. The lowest BCUT2D eigenvalue weighted by Crippen LogP contribution is -2.28. The van der Waals surface area contributed by atoms with Gasteiger partial charge in [0.2, 0.25) is 0 Å². The van der Waals surface area contributed by atoms with Crippen molar-refractivity contribution in [2.24, 2.45) is 11.8 Å². The second-order valence-corrected chi connectivity index (χ2v) is 4.45. The van der Waals surface area contributed by atoms with Crippen LogP contribution in [0, 0.1) is 18.3 Å². The van der Waals surface area contributed by atoms with Crippen LogP contribution in [0.15, 0.2) is 0 Å². The van der Waals surface area contributed by atoms with Crippen molar-refractivity contribution in [2.45, 2.75) is 51.6 Å². The molecule has 3 atom stereocenters. The summed E-state index contributed by atoms with van der Waals surface area (Å²) in [7, 11) is 0. The van der Waals surface area contributed by atoms with E-state index in [0.717, 1.165) is 38.5 Å². The Balaban J connectivity index is 2.39. The average molecular weight is 213 g/mol. The largest absolute Gasteiger partial charge is 0.481 e. The topological polar surface area (TPSA) is 57.5 Å². The number of rotatable bonds is 5. The number of aliphatic hydroxyl groups excluding tert-OH is 1. The summed E-state index contributed by atoms with van der Waals surface area (Å²) in [5.41, 5.74) is 0. The number of aliphatic hydroxyl groups is 1. The fourth-order valence-corrected chi connectivity index (χ4v) is 2.28. The van der Waals surface area contributed by atoms with E-state index in [0.29, 0.717) is 0 Å². The number of hydrogen-bond acceptors (Lipinski definition) is 2. The lowest BCUT2D eigenvalue weighted by Gasteiger charge is -2.28. The predicted octanol–water partition coefficient (Wildman–Crippen LogP) is 2.24. The summed E-state index contributed by atoms with van der Waals surface area (Å²) in [6.45, 7) is 1.95. The third-order valence-corrected chi connectivity index (χ3v) is 3.38. The smallest absolute Gasteiger partial charge is 0.306 e. The van der Waals surface area contributed by atoms with E-state index >= 15 is 0 Å². The maximum atomic E-state index is 11.0. The molecule has 3 nitrogen and oxygen atoms in total. The fourth-order valence-electron chi connectivity index (χ4n) is 2.28. The van der Waals surface area contributed by atoms with Crippen LogP contribution in [0.3, 0.4) is 0 Å².